The highest BCUT2D eigenvalue weighted by Crippen LogP contribution is 2.41. The molecule has 1 aromatic rings. The Balaban J connectivity index is 2.35. The Morgan fingerprint density at radius 3 is 2.45 bits per heavy atom. The third-order valence-corrected chi connectivity index (χ3v) is 4.57. The van der Waals surface area contributed by atoms with Crippen molar-refractivity contribution in [2.24, 2.45) is 4.99 Å². The van der Waals surface area contributed by atoms with Crippen molar-refractivity contribution in [2.45, 2.75) is 24.1 Å². The summed E-state index contributed by atoms with van der Waals surface area (Å²) < 4.78 is 31.3. The van der Waals surface area contributed by atoms with Gasteiger partial charge < -0.3 is 9.84 Å². The van der Waals surface area contributed by atoms with E-state index in [4.69, 9.17) is 9.84 Å². The molecule has 0 spiro atoms. The van der Waals surface area contributed by atoms with E-state index in [-0.39, 0.29) is 0 Å². The van der Waals surface area contributed by atoms with Gasteiger partial charge in [0.1, 0.15) is 16.5 Å². The van der Waals surface area contributed by atoms with Gasteiger partial charge in [-0.25, -0.2) is 8.78 Å². The van der Waals surface area contributed by atoms with Gasteiger partial charge in [-0.15, -0.1) is 0 Å². The summed E-state index contributed by atoms with van der Waals surface area (Å²) in [6.45, 7) is 1.17. The zero-order chi connectivity index (χ0) is 14.9. The molecule has 1 N–H and O–H groups in total. The number of rotatable bonds is 4. The van der Waals surface area contributed by atoms with E-state index in [0.29, 0.717) is 16.4 Å². The third kappa shape index (κ3) is 2.49. The monoisotopic (exact) mass is 301 g/mol. The van der Waals surface area contributed by atoms with Crippen LogP contribution in [0.4, 0.5) is 8.78 Å². The first-order chi connectivity index (χ1) is 9.38. The maximum Gasteiger partial charge on any atom is 0.319 e. The molecule has 0 saturated heterocycles. The van der Waals surface area contributed by atoms with Crippen LogP contribution in [0.1, 0.15) is 12.5 Å². The maximum absolute atomic E-state index is 13.1. The van der Waals surface area contributed by atoms with Crippen LogP contribution in [0, 0.1) is 0 Å². The molecule has 0 aliphatic carbocycles. The van der Waals surface area contributed by atoms with Crippen molar-refractivity contribution in [2.75, 3.05) is 7.11 Å². The van der Waals surface area contributed by atoms with Gasteiger partial charge in [-0.1, -0.05) is 11.8 Å². The summed E-state index contributed by atoms with van der Waals surface area (Å²) in [5, 5.41) is 8.11. The number of benzene rings is 1. The van der Waals surface area contributed by atoms with Crippen LogP contribution in [-0.2, 0) is 4.79 Å². The van der Waals surface area contributed by atoms with Crippen molar-refractivity contribution in [3.05, 3.63) is 29.8 Å². The van der Waals surface area contributed by atoms with Crippen molar-refractivity contribution >= 4 is 22.8 Å². The third-order valence-electron chi connectivity index (χ3n) is 3.11. The molecule has 2 rings (SSSR count). The number of methoxy groups -OCH3 is 1. The molecule has 1 aliphatic rings. The van der Waals surface area contributed by atoms with Crippen molar-refractivity contribution < 1.29 is 23.4 Å². The fraction of sp³-hybridized carbons (Fsp3) is 0.385. The fourth-order valence-corrected chi connectivity index (χ4v) is 3.10. The first-order valence-corrected chi connectivity index (χ1v) is 6.68. The zero-order valence-corrected chi connectivity index (χ0v) is 11.7. The van der Waals surface area contributed by atoms with Gasteiger partial charge in [0, 0.05) is 5.56 Å². The molecule has 2 unspecified atom stereocenters. The van der Waals surface area contributed by atoms with Gasteiger partial charge in [-0.2, -0.15) is 0 Å². The lowest BCUT2D eigenvalue weighted by atomic mass is 9.99. The highest BCUT2D eigenvalue weighted by atomic mass is 32.2. The number of thioether (sulfide) groups is 1. The summed E-state index contributed by atoms with van der Waals surface area (Å²) in [7, 11) is 1.52. The second-order valence-corrected chi connectivity index (χ2v) is 5.60. The summed E-state index contributed by atoms with van der Waals surface area (Å²) in [5.74, 6) is -0.659. The lowest BCUT2D eigenvalue weighted by Gasteiger charge is -2.23. The van der Waals surface area contributed by atoms with Crippen LogP contribution in [0.25, 0.3) is 0 Å². The Morgan fingerprint density at radius 2 is 2.05 bits per heavy atom. The molecule has 7 heteroatoms. The molecule has 20 heavy (non-hydrogen) atoms. The molecular weight excluding hydrogens is 288 g/mol. The summed E-state index contributed by atoms with van der Waals surface area (Å²) in [5.41, 5.74) is -1.31. The van der Waals surface area contributed by atoms with Gasteiger partial charge in [0.25, 0.3) is 6.43 Å². The minimum Gasteiger partial charge on any atom is -0.497 e. The van der Waals surface area contributed by atoms with Crippen LogP contribution in [-0.4, -0.2) is 40.4 Å². The van der Waals surface area contributed by atoms with Crippen molar-refractivity contribution in [3.8, 4) is 5.75 Å². The number of carbonyl (C=O) groups is 1. The fourth-order valence-electron chi connectivity index (χ4n) is 1.86. The SMILES string of the molecule is COc1ccc(C2=NC(C)(C(F)F)C(C(=O)O)S2)cc1. The molecule has 2 atom stereocenters. The highest BCUT2D eigenvalue weighted by Gasteiger charge is 2.52. The Labute approximate surface area is 118 Å². The van der Waals surface area contributed by atoms with E-state index < -0.39 is 23.2 Å². The number of aliphatic carboxylic acids is 1. The summed E-state index contributed by atoms with van der Waals surface area (Å²) in [6, 6.07) is 6.68. The van der Waals surface area contributed by atoms with Crippen LogP contribution in [0.5, 0.6) is 5.75 Å². The van der Waals surface area contributed by atoms with E-state index in [1.165, 1.54) is 14.0 Å². The molecule has 0 amide bonds. The Bertz CT molecular complexity index is 547. The molecule has 108 valence electrons. The normalized spacial score (nSPS) is 25.6. The molecule has 4 nitrogen and oxygen atoms in total. The predicted molar refractivity (Wildman–Crippen MR) is 73.0 cm³/mol. The average Bonchev–Trinajstić information content (AvgIpc) is 2.78. The molecule has 1 heterocycles. The number of hydrogen-bond donors (Lipinski definition) is 1. The van der Waals surface area contributed by atoms with E-state index in [0.717, 1.165) is 11.8 Å². The number of halogens is 2. The summed E-state index contributed by atoms with van der Waals surface area (Å²) in [4.78, 5) is 15.1. The second kappa shape index (κ2) is 5.40. The summed E-state index contributed by atoms with van der Waals surface area (Å²) >= 11 is 0.850. The van der Waals surface area contributed by atoms with Crippen molar-refractivity contribution in [1.82, 2.24) is 0 Å². The minimum absolute atomic E-state index is 0.308. The zero-order valence-electron chi connectivity index (χ0n) is 10.8. The largest absolute Gasteiger partial charge is 0.497 e. The smallest absolute Gasteiger partial charge is 0.319 e. The number of nitrogens with zero attached hydrogens (tertiary/aromatic N) is 1. The molecule has 0 fully saturated rings. The van der Waals surface area contributed by atoms with Crippen LogP contribution in [0.15, 0.2) is 29.3 Å². The first kappa shape index (κ1) is 14.8. The number of alkyl halides is 2. The van der Waals surface area contributed by atoms with Crippen LogP contribution in [0.2, 0.25) is 0 Å². The van der Waals surface area contributed by atoms with Gasteiger partial charge in [0.15, 0.2) is 0 Å². The lowest BCUT2D eigenvalue weighted by Crippen LogP contribution is -2.44. The molecule has 1 aliphatic heterocycles. The van der Waals surface area contributed by atoms with Crippen LogP contribution in [0.3, 0.4) is 0 Å². The molecule has 0 radical (unpaired) electrons. The quantitative estimate of drug-likeness (QED) is 0.929. The molecule has 1 aromatic carbocycles. The average molecular weight is 301 g/mol. The molecular formula is C13H13F2NO3S. The maximum atomic E-state index is 13.1. The Hall–Kier alpha value is -1.63. The van der Waals surface area contributed by atoms with Crippen molar-refractivity contribution in [3.63, 3.8) is 0 Å². The molecule has 0 bridgehead atoms. The van der Waals surface area contributed by atoms with E-state index in [1.54, 1.807) is 24.3 Å². The topological polar surface area (TPSA) is 58.9 Å². The van der Waals surface area contributed by atoms with Crippen molar-refractivity contribution in [1.29, 1.82) is 0 Å². The molecule has 0 aromatic heterocycles. The second-order valence-electron chi connectivity index (χ2n) is 4.51. The lowest BCUT2D eigenvalue weighted by molar-refractivity contribution is -0.138. The number of aliphatic imine (C=N–C) groups is 1. The standard InChI is InChI=1S/C13H13F2NO3S/c1-13(12(14)15)9(11(17)18)20-10(16-13)7-3-5-8(19-2)6-4-7/h3-6,9,12H,1-2H3,(H,17,18). The van der Waals surface area contributed by atoms with Gasteiger partial charge in [0.05, 0.1) is 12.2 Å². The number of carboxylic acid groups (broad SMARTS) is 1. The van der Waals surface area contributed by atoms with Gasteiger partial charge in [-0.05, 0) is 31.2 Å². The van der Waals surface area contributed by atoms with E-state index in [1.807, 2.05) is 0 Å². The van der Waals surface area contributed by atoms with Gasteiger partial charge in [0.2, 0.25) is 0 Å². The predicted octanol–water partition coefficient (Wildman–Crippen LogP) is 2.67. The first-order valence-electron chi connectivity index (χ1n) is 5.80. The van der Waals surface area contributed by atoms with E-state index in [2.05, 4.69) is 4.99 Å². The number of carboxylic acids is 1. The minimum atomic E-state index is -2.84. The van der Waals surface area contributed by atoms with Gasteiger partial charge in [-0.3, -0.25) is 9.79 Å². The number of ether oxygens (including phenoxy) is 1. The highest BCUT2D eigenvalue weighted by molar-refractivity contribution is 8.15. The molecule has 0 saturated carbocycles. The Kier molecular flexibility index (Phi) is 3.99. The summed E-state index contributed by atoms with van der Waals surface area (Å²) in [6.07, 6.45) is -2.84. The van der Waals surface area contributed by atoms with E-state index in [9.17, 15) is 13.6 Å². The van der Waals surface area contributed by atoms with Crippen LogP contribution >= 0.6 is 11.8 Å². The van der Waals surface area contributed by atoms with Gasteiger partial charge >= 0.3 is 5.97 Å². The Morgan fingerprint density at radius 1 is 1.45 bits per heavy atom. The van der Waals surface area contributed by atoms with E-state index >= 15 is 0 Å². The van der Waals surface area contributed by atoms with Crippen LogP contribution < -0.4 is 4.74 Å². The number of hydrogen-bond acceptors (Lipinski definition) is 4.